The first-order valence-electron chi connectivity index (χ1n) is 27.1. The molecule has 0 rings (SSSR count). The maximum absolute atomic E-state index is 12.6. The fourth-order valence-corrected chi connectivity index (χ4v) is 8.73. The van der Waals surface area contributed by atoms with Gasteiger partial charge in [0.2, 0.25) is 5.91 Å². The lowest BCUT2D eigenvalue weighted by Gasteiger charge is -2.33. The van der Waals surface area contributed by atoms with Crippen molar-refractivity contribution < 1.29 is 23.9 Å². The van der Waals surface area contributed by atoms with E-state index in [9.17, 15) is 14.4 Å². The number of carbonyl (C=O) groups excluding carboxylic acids is 3. The van der Waals surface area contributed by atoms with Crippen molar-refractivity contribution in [2.24, 2.45) is 5.92 Å². The van der Waals surface area contributed by atoms with Crippen molar-refractivity contribution in [3.8, 4) is 0 Å². The zero-order valence-corrected chi connectivity index (χ0v) is 42.0. The van der Waals surface area contributed by atoms with Crippen LogP contribution in [0.15, 0.2) is 0 Å². The Kier molecular flexibility index (Phi) is 45.1. The SMILES string of the molecule is CCCCCCCCCN(CCCN(C)C(C)=O)C(CCCCCCCCC(=O)OCCCCCCCC)CCCCCCCCC(=O)OCC(CCCC)CCCCCC. The van der Waals surface area contributed by atoms with Crippen molar-refractivity contribution in [1.29, 1.82) is 0 Å². The van der Waals surface area contributed by atoms with Crippen LogP contribution in [0.4, 0.5) is 0 Å². The van der Waals surface area contributed by atoms with Gasteiger partial charge in [-0.3, -0.25) is 14.4 Å². The Hall–Kier alpha value is -1.63. The van der Waals surface area contributed by atoms with E-state index in [0.29, 0.717) is 38.0 Å². The maximum atomic E-state index is 12.6. The predicted molar refractivity (Wildman–Crippen MR) is 262 cm³/mol. The van der Waals surface area contributed by atoms with Gasteiger partial charge in [-0.2, -0.15) is 0 Å². The van der Waals surface area contributed by atoms with Crippen LogP contribution in [-0.4, -0.2) is 73.6 Å². The molecule has 362 valence electrons. The van der Waals surface area contributed by atoms with Crippen LogP contribution in [0.1, 0.15) is 279 Å². The third-order valence-electron chi connectivity index (χ3n) is 13.1. The monoisotopic (exact) mass is 863 g/mol. The first-order chi connectivity index (χ1) is 29.8. The summed E-state index contributed by atoms with van der Waals surface area (Å²) in [7, 11) is 1.93. The molecule has 2 atom stereocenters. The average Bonchev–Trinajstić information content (AvgIpc) is 3.25. The van der Waals surface area contributed by atoms with Crippen LogP contribution in [0.5, 0.6) is 0 Å². The van der Waals surface area contributed by atoms with Crippen LogP contribution in [0.25, 0.3) is 0 Å². The van der Waals surface area contributed by atoms with Crippen molar-refractivity contribution in [2.75, 3.05) is 39.9 Å². The fourth-order valence-electron chi connectivity index (χ4n) is 8.73. The Bertz CT molecular complexity index is 960. The first kappa shape index (κ1) is 59.4. The number of ether oxygens (including phenoxy) is 2. The molecule has 0 spiro atoms. The zero-order chi connectivity index (χ0) is 44.9. The molecule has 0 radical (unpaired) electrons. The van der Waals surface area contributed by atoms with Gasteiger partial charge in [-0.05, 0) is 70.3 Å². The topological polar surface area (TPSA) is 76.2 Å². The lowest BCUT2D eigenvalue weighted by Crippen LogP contribution is -2.38. The molecule has 0 aromatic carbocycles. The molecule has 0 aliphatic carbocycles. The van der Waals surface area contributed by atoms with Gasteiger partial charge in [-0.25, -0.2) is 0 Å². The third-order valence-corrected chi connectivity index (χ3v) is 13.1. The van der Waals surface area contributed by atoms with Gasteiger partial charge in [-0.1, -0.05) is 201 Å². The molecule has 7 nitrogen and oxygen atoms in total. The number of rotatable bonds is 48. The molecule has 2 unspecified atom stereocenters. The summed E-state index contributed by atoms with van der Waals surface area (Å²) in [4.78, 5) is 41.4. The van der Waals surface area contributed by atoms with E-state index < -0.39 is 0 Å². The van der Waals surface area contributed by atoms with Crippen molar-refractivity contribution in [2.45, 2.75) is 285 Å². The number of unbranched alkanes of at least 4 members (excludes halogenated alkanes) is 25. The second-order valence-electron chi connectivity index (χ2n) is 19.0. The summed E-state index contributed by atoms with van der Waals surface area (Å²) in [5.74, 6) is 0.682. The van der Waals surface area contributed by atoms with Crippen LogP contribution in [0.3, 0.4) is 0 Å². The molecule has 0 aromatic rings. The van der Waals surface area contributed by atoms with Gasteiger partial charge in [0, 0.05) is 45.9 Å². The number of hydrogen-bond donors (Lipinski definition) is 0. The molecule has 0 aliphatic rings. The highest BCUT2D eigenvalue weighted by atomic mass is 16.5. The van der Waals surface area contributed by atoms with Crippen LogP contribution in [0.2, 0.25) is 0 Å². The van der Waals surface area contributed by atoms with Crippen molar-refractivity contribution in [3.05, 3.63) is 0 Å². The van der Waals surface area contributed by atoms with E-state index in [1.54, 1.807) is 6.92 Å². The van der Waals surface area contributed by atoms with Gasteiger partial charge >= 0.3 is 11.9 Å². The molecule has 61 heavy (non-hydrogen) atoms. The van der Waals surface area contributed by atoms with E-state index in [4.69, 9.17) is 9.47 Å². The fraction of sp³-hybridized carbons (Fsp3) is 0.944. The molecule has 7 heteroatoms. The minimum atomic E-state index is -0.0125. The Labute approximate surface area is 380 Å². The van der Waals surface area contributed by atoms with E-state index in [2.05, 4.69) is 32.6 Å². The van der Waals surface area contributed by atoms with Gasteiger partial charge in [0.1, 0.15) is 0 Å². The van der Waals surface area contributed by atoms with E-state index in [-0.39, 0.29) is 17.8 Å². The second kappa shape index (κ2) is 46.4. The van der Waals surface area contributed by atoms with Gasteiger partial charge in [0.15, 0.2) is 0 Å². The Morgan fingerprint density at radius 1 is 0.410 bits per heavy atom. The maximum Gasteiger partial charge on any atom is 0.305 e. The lowest BCUT2D eigenvalue weighted by atomic mass is 9.96. The van der Waals surface area contributed by atoms with Crippen LogP contribution < -0.4 is 0 Å². The lowest BCUT2D eigenvalue weighted by molar-refractivity contribution is -0.145. The van der Waals surface area contributed by atoms with Gasteiger partial charge in [0.25, 0.3) is 0 Å². The number of hydrogen-bond acceptors (Lipinski definition) is 6. The Morgan fingerprint density at radius 3 is 1.33 bits per heavy atom. The summed E-state index contributed by atoms with van der Waals surface area (Å²) >= 11 is 0. The van der Waals surface area contributed by atoms with Crippen molar-refractivity contribution in [3.63, 3.8) is 0 Å². The predicted octanol–water partition coefficient (Wildman–Crippen LogP) is 15.7. The number of esters is 2. The molecule has 0 aromatic heterocycles. The normalized spacial score (nSPS) is 12.5. The molecule has 0 aliphatic heterocycles. The van der Waals surface area contributed by atoms with Crippen LogP contribution in [-0.2, 0) is 23.9 Å². The van der Waals surface area contributed by atoms with Crippen molar-refractivity contribution in [1.82, 2.24) is 9.80 Å². The highest BCUT2D eigenvalue weighted by Gasteiger charge is 2.19. The minimum Gasteiger partial charge on any atom is -0.466 e. The minimum absolute atomic E-state index is 0.00670. The molecule has 0 saturated heterocycles. The summed E-state index contributed by atoms with van der Waals surface area (Å²) < 4.78 is 11.3. The summed E-state index contributed by atoms with van der Waals surface area (Å²) in [6, 6.07) is 0.603. The largest absolute Gasteiger partial charge is 0.466 e. The van der Waals surface area contributed by atoms with Gasteiger partial charge < -0.3 is 19.3 Å². The van der Waals surface area contributed by atoms with Crippen LogP contribution in [0, 0.1) is 5.92 Å². The Balaban J connectivity index is 4.86. The number of carbonyl (C=O) groups is 3. The average molecular weight is 863 g/mol. The summed E-state index contributed by atoms with van der Waals surface area (Å²) in [5.41, 5.74) is 0. The van der Waals surface area contributed by atoms with Gasteiger partial charge in [0.05, 0.1) is 13.2 Å². The van der Waals surface area contributed by atoms with E-state index in [1.165, 1.54) is 199 Å². The summed E-state index contributed by atoms with van der Waals surface area (Å²) in [6.07, 6.45) is 45.3. The standard InChI is InChI=1S/C54H106N2O5/c1-7-11-15-18-24-29-36-46-56(47-38-45-55(6)50(5)57)52(41-32-25-20-22-27-34-43-53(58)60-48-37-30-19-16-12-8-2)42-33-26-21-23-28-35-44-54(59)61-49-51(39-14-10-4)40-31-17-13-9-3/h51-52H,7-49H2,1-6H3. The highest BCUT2D eigenvalue weighted by Crippen LogP contribution is 2.22. The van der Waals surface area contributed by atoms with E-state index >= 15 is 0 Å². The summed E-state index contributed by atoms with van der Waals surface area (Å²) in [6.45, 7) is 15.0. The molecule has 0 heterocycles. The molecule has 1 amide bonds. The first-order valence-corrected chi connectivity index (χ1v) is 27.1. The molecule has 0 fully saturated rings. The molecule has 0 N–H and O–H groups in total. The summed E-state index contributed by atoms with van der Waals surface area (Å²) in [5, 5.41) is 0. The van der Waals surface area contributed by atoms with E-state index in [1.807, 2.05) is 11.9 Å². The third kappa shape index (κ3) is 40.9. The second-order valence-corrected chi connectivity index (χ2v) is 19.0. The molecular weight excluding hydrogens is 757 g/mol. The Morgan fingerprint density at radius 2 is 0.803 bits per heavy atom. The van der Waals surface area contributed by atoms with E-state index in [0.717, 1.165) is 51.6 Å². The quantitative estimate of drug-likeness (QED) is 0.0448. The highest BCUT2D eigenvalue weighted by molar-refractivity contribution is 5.72. The smallest absolute Gasteiger partial charge is 0.305 e. The molecular formula is C54H106N2O5. The molecule has 0 bridgehead atoms. The zero-order valence-electron chi connectivity index (χ0n) is 42.0. The number of amides is 1. The van der Waals surface area contributed by atoms with Gasteiger partial charge in [-0.15, -0.1) is 0 Å². The number of nitrogens with zero attached hydrogens (tertiary/aromatic N) is 2. The van der Waals surface area contributed by atoms with Crippen LogP contribution >= 0.6 is 0 Å². The van der Waals surface area contributed by atoms with Crippen molar-refractivity contribution >= 4 is 17.8 Å². The molecule has 0 saturated carbocycles.